The highest BCUT2D eigenvalue weighted by atomic mass is 19.1. The third-order valence-electron chi connectivity index (χ3n) is 4.22. The lowest BCUT2D eigenvalue weighted by Crippen LogP contribution is -2.37. The number of hydrogen-bond acceptors (Lipinski definition) is 7. The van der Waals surface area contributed by atoms with Gasteiger partial charge in [-0.25, -0.2) is 13.9 Å². The molecule has 3 aliphatic heterocycles. The third kappa shape index (κ3) is 3.07. The summed E-state index contributed by atoms with van der Waals surface area (Å²) >= 11 is 0. The molecule has 27 heavy (non-hydrogen) atoms. The van der Waals surface area contributed by atoms with Gasteiger partial charge in [0.1, 0.15) is 29.7 Å². The molecule has 140 valence electrons. The molecule has 1 saturated heterocycles. The number of amides is 2. The van der Waals surface area contributed by atoms with Gasteiger partial charge >= 0.3 is 6.09 Å². The number of anilines is 1. The van der Waals surface area contributed by atoms with Crippen molar-refractivity contribution >= 4 is 23.4 Å². The van der Waals surface area contributed by atoms with Gasteiger partial charge in [0.15, 0.2) is 5.82 Å². The number of hydroxylamine groups is 2. The molecule has 5 rings (SSSR count). The molecule has 2 aromatic rings. The van der Waals surface area contributed by atoms with Crippen LogP contribution in [0, 0.1) is 5.82 Å². The predicted molar refractivity (Wildman–Crippen MR) is 89.6 cm³/mol. The minimum absolute atomic E-state index is 0.0262. The van der Waals surface area contributed by atoms with Gasteiger partial charge in [0.2, 0.25) is 0 Å². The zero-order chi connectivity index (χ0) is 19.1. The number of halogens is 1. The molecule has 0 N–H and O–H groups in total. The van der Waals surface area contributed by atoms with Gasteiger partial charge in [0, 0.05) is 6.92 Å². The van der Waals surface area contributed by atoms with E-state index in [0.29, 0.717) is 17.1 Å². The Hall–Kier alpha value is -3.50. The van der Waals surface area contributed by atoms with Crippen molar-refractivity contribution in [3.63, 3.8) is 0 Å². The van der Waals surface area contributed by atoms with Gasteiger partial charge in [0.05, 0.1) is 18.4 Å². The summed E-state index contributed by atoms with van der Waals surface area (Å²) in [7, 11) is 0. The van der Waals surface area contributed by atoms with Gasteiger partial charge in [-0.3, -0.25) is 14.6 Å². The topological polar surface area (TPSA) is 102 Å². The Labute approximate surface area is 152 Å². The van der Waals surface area contributed by atoms with Crippen molar-refractivity contribution in [3.05, 3.63) is 35.9 Å². The monoisotopic (exact) mass is 374 g/mol. The molecular weight excluding hydrogens is 359 g/mol. The number of fused-ring (bicyclic) bond motifs is 5. The lowest BCUT2D eigenvalue weighted by molar-refractivity contribution is -0.189. The maximum atomic E-state index is 14.6. The Balaban J connectivity index is 1.80. The molecule has 0 aliphatic carbocycles. The van der Waals surface area contributed by atoms with Crippen molar-refractivity contribution < 1.29 is 23.7 Å². The average molecular weight is 374 g/mol. The fourth-order valence-corrected chi connectivity index (χ4v) is 2.79. The normalized spacial score (nSPS) is 19.1. The smallest absolute Gasteiger partial charge is 0.414 e. The summed E-state index contributed by atoms with van der Waals surface area (Å²) in [5, 5.41) is 12.7. The van der Waals surface area contributed by atoms with Crippen LogP contribution >= 0.6 is 0 Å². The van der Waals surface area contributed by atoms with E-state index >= 15 is 0 Å². The SMILES string of the molecule is CC(=O)N1C[C@@H]2CN(C(=O)O2)c2ccc(c(F)c2)-n2cc(nn2)C(C)=NO1. The fraction of sp³-hybridized carbons (Fsp3) is 0.312. The highest BCUT2D eigenvalue weighted by Crippen LogP contribution is 2.26. The van der Waals surface area contributed by atoms with Crippen LogP contribution in [0.2, 0.25) is 0 Å². The Morgan fingerprint density at radius 2 is 2.15 bits per heavy atom. The van der Waals surface area contributed by atoms with Gasteiger partial charge < -0.3 is 4.74 Å². The minimum atomic E-state index is -0.649. The van der Waals surface area contributed by atoms with Gasteiger partial charge in [-0.2, -0.15) is 0 Å². The van der Waals surface area contributed by atoms with Crippen molar-refractivity contribution in [2.75, 3.05) is 18.0 Å². The second-order valence-corrected chi connectivity index (χ2v) is 6.14. The molecule has 3 aliphatic rings. The van der Waals surface area contributed by atoms with Crippen molar-refractivity contribution in [1.82, 2.24) is 20.1 Å². The van der Waals surface area contributed by atoms with E-state index in [1.165, 1.54) is 34.8 Å². The summed E-state index contributed by atoms with van der Waals surface area (Å²) in [6.45, 7) is 3.03. The molecule has 0 radical (unpaired) electrons. The third-order valence-corrected chi connectivity index (χ3v) is 4.22. The second-order valence-electron chi connectivity index (χ2n) is 6.14. The summed E-state index contributed by atoms with van der Waals surface area (Å²) in [4.78, 5) is 30.5. The zero-order valence-electron chi connectivity index (χ0n) is 14.5. The summed E-state index contributed by atoms with van der Waals surface area (Å²) < 4.78 is 21.1. The van der Waals surface area contributed by atoms with Crippen LogP contribution in [0.15, 0.2) is 29.6 Å². The van der Waals surface area contributed by atoms with E-state index in [9.17, 15) is 14.0 Å². The Morgan fingerprint density at radius 1 is 1.33 bits per heavy atom. The van der Waals surface area contributed by atoms with E-state index in [-0.39, 0.29) is 18.8 Å². The number of carbonyl (C=O) groups is 2. The first kappa shape index (κ1) is 16.9. The maximum Gasteiger partial charge on any atom is 0.414 e. The number of nitrogens with zero attached hydrogens (tertiary/aromatic N) is 6. The maximum absolute atomic E-state index is 14.6. The number of aromatic nitrogens is 3. The van der Waals surface area contributed by atoms with Crippen LogP contribution in [0.3, 0.4) is 0 Å². The molecule has 10 nitrogen and oxygen atoms in total. The van der Waals surface area contributed by atoms with Crippen molar-refractivity contribution in [2.24, 2.45) is 5.16 Å². The Morgan fingerprint density at radius 3 is 2.89 bits per heavy atom. The van der Waals surface area contributed by atoms with E-state index in [1.54, 1.807) is 13.0 Å². The van der Waals surface area contributed by atoms with Crippen LogP contribution in [0.1, 0.15) is 19.5 Å². The van der Waals surface area contributed by atoms with Crippen LogP contribution in [-0.2, 0) is 14.5 Å². The number of rotatable bonds is 0. The summed E-state index contributed by atoms with van der Waals surface area (Å²) in [6.07, 6.45) is 0.202. The second kappa shape index (κ2) is 6.34. The lowest BCUT2D eigenvalue weighted by atomic mass is 10.2. The molecule has 1 aromatic carbocycles. The fourth-order valence-electron chi connectivity index (χ4n) is 2.79. The summed E-state index contributed by atoms with van der Waals surface area (Å²) in [5.74, 6) is -0.990. The summed E-state index contributed by atoms with van der Waals surface area (Å²) in [6, 6.07) is 4.30. The molecule has 11 heteroatoms. The predicted octanol–water partition coefficient (Wildman–Crippen LogP) is 1.25. The highest BCUT2D eigenvalue weighted by Gasteiger charge is 2.35. The molecule has 1 aromatic heterocycles. The van der Waals surface area contributed by atoms with E-state index in [2.05, 4.69) is 15.5 Å². The number of oxime groups is 1. The van der Waals surface area contributed by atoms with Gasteiger partial charge in [0.25, 0.3) is 5.91 Å². The van der Waals surface area contributed by atoms with Crippen LogP contribution in [-0.4, -0.2) is 57.0 Å². The van der Waals surface area contributed by atoms with Crippen LogP contribution < -0.4 is 4.90 Å². The molecule has 4 heterocycles. The highest BCUT2D eigenvalue weighted by molar-refractivity contribution is 5.96. The first-order valence-corrected chi connectivity index (χ1v) is 8.13. The Kier molecular flexibility index (Phi) is 3.98. The van der Waals surface area contributed by atoms with Crippen molar-refractivity contribution in [3.8, 4) is 5.69 Å². The quantitative estimate of drug-likeness (QED) is 0.688. The van der Waals surface area contributed by atoms with Crippen LogP contribution in [0.25, 0.3) is 5.69 Å². The van der Waals surface area contributed by atoms with Crippen molar-refractivity contribution in [1.29, 1.82) is 0 Å². The Bertz CT molecular complexity index is 958. The van der Waals surface area contributed by atoms with Gasteiger partial charge in [-0.1, -0.05) is 10.4 Å². The first-order valence-electron chi connectivity index (χ1n) is 8.13. The molecule has 0 saturated carbocycles. The van der Waals surface area contributed by atoms with Crippen LogP contribution in [0.4, 0.5) is 14.9 Å². The lowest BCUT2D eigenvalue weighted by Gasteiger charge is -2.19. The van der Waals surface area contributed by atoms with E-state index < -0.39 is 23.9 Å². The summed E-state index contributed by atoms with van der Waals surface area (Å²) in [5.41, 5.74) is 1.19. The molecule has 1 atom stereocenters. The molecule has 6 bridgehead atoms. The van der Waals surface area contributed by atoms with E-state index in [4.69, 9.17) is 9.68 Å². The molecular formula is C16H15FN6O4. The largest absolute Gasteiger partial charge is 0.442 e. The van der Waals surface area contributed by atoms with E-state index in [0.717, 1.165) is 5.06 Å². The molecule has 0 spiro atoms. The average Bonchev–Trinajstić information content (AvgIpc) is 3.24. The minimum Gasteiger partial charge on any atom is -0.442 e. The first-order chi connectivity index (χ1) is 12.9. The molecule has 0 unspecified atom stereocenters. The zero-order valence-corrected chi connectivity index (χ0v) is 14.5. The standard InChI is InChI=1S/C16H15FN6O4/c1-9-14-8-22(20-18-14)15-4-3-11(5-13(15)17)21-6-12(26-16(21)25)7-23(10(2)24)27-19-9/h3-5,8,12H,6-7H2,1-2H3/t12-/m0/s1. The van der Waals surface area contributed by atoms with Gasteiger partial charge in [-0.15, -0.1) is 10.2 Å². The van der Waals surface area contributed by atoms with Crippen LogP contribution in [0.5, 0.6) is 0 Å². The molecule has 1 fully saturated rings. The van der Waals surface area contributed by atoms with Crippen molar-refractivity contribution in [2.45, 2.75) is 20.0 Å². The number of ether oxygens (including phenoxy) is 1. The number of hydrogen-bond donors (Lipinski definition) is 0. The number of carbonyl (C=O) groups excluding carboxylic acids is 2. The van der Waals surface area contributed by atoms with Gasteiger partial charge in [-0.05, 0) is 25.1 Å². The molecule has 2 amide bonds. The van der Waals surface area contributed by atoms with E-state index in [1.807, 2.05) is 0 Å². The number of benzene rings is 1.